The number of aliphatic hydroxyl groups excluding tert-OH is 1. The first kappa shape index (κ1) is 52.3. The number of hydrogen-bond donors (Lipinski definition) is 3. The quantitative estimate of drug-likeness (QED) is 0.0329. The van der Waals surface area contributed by atoms with Crippen LogP contribution in [0.3, 0.4) is 0 Å². The molecule has 6 nitrogen and oxygen atoms in total. The van der Waals surface area contributed by atoms with Gasteiger partial charge in [-0.25, -0.2) is 0 Å². The molecule has 55 heavy (non-hydrogen) atoms. The van der Waals surface area contributed by atoms with E-state index in [1.807, 2.05) is 0 Å². The minimum Gasteiger partial charge on any atom is -0.387 e. The lowest BCUT2D eigenvalue weighted by Crippen LogP contribution is -2.46. The van der Waals surface area contributed by atoms with Gasteiger partial charge in [0.25, 0.3) is 10.1 Å². The van der Waals surface area contributed by atoms with Gasteiger partial charge in [0.1, 0.15) is 0 Å². The van der Waals surface area contributed by atoms with Crippen molar-refractivity contribution in [3.63, 3.8) is 0 Å². The average Bonchev–Trinajstić information content (AvgIpc) is 3.15. The Hall–Kier alpha value is -2.74. The molecule has 0 aliphatic heterocycles. The zero-order chi connectivity index (χ0) is 40.3. The summed E-state index contributed by atoms with van der Waals surface area (Å²) in [6.07, 6.45) is 61.1. The SMILES string of the molecule is CC/C=C\C/C=C\C/C=C\C/C=C\C/C=C\CCCCCCCC(=O)NC(CS(=O)(=O)O)C(O)/C=C/CC/C=C/CC/C=C/CCCCCCCCCCC. The summed E-state index contributed by atoms with van der Waals surface area (Å²) in [7, 11) is -4.37. The van der Waals surface area contributed by atoms with Crippen LogP contribution in [0.5, 0.6) is 0 Å². The maximum absolute atomic E-state index is 12.5. The Balaban J connectivity index is 4.04. The molecular weight excluding hydrogens is 703 g/mol. The maximum atomic E-state index is 12.5. The number of rotatable bonds is 38. The first-order valence-corrected chi connectivity index (χ1v) is 23.5. The number of carbonyl (C=O) groups is 1. The second kappa shape index (κ2) is 40.9. The third-order valence-electron chi connectivity index (χ3n) is 9.22. The highest BCUT2D eigenvalue weighted by molar-refractivity contribution is 7.85. The molecule has 0 rings (SSSR count). The Morgan fingerprint density at radius 1 is 0.509 bits per heavy atom. The molecule has 0 fully saturated rings. The van der Waals surface area contributed by atoms with Gasteiger partial charge >= 0.3 is 0 Å². The molecule has 0 aliphatic rings. The van der Waals surface area contributed by atoms with Gasteiger partial charge in [-0.15, -0.1) is 0 Å². The molecule has 314 valence electrons. The molecule has 0 spiro atoms. The van der Waals surface area contributed by atoms with Crippen LogP contribution in [0, 0.1) is 0 Å². The molecule has 2 atom stereocenters. The van der Waals surface area contributed by atoms with Crippen LogP contribution in [0.25, 0.3) is 0 Å². The van der Waals surface area contributed by atoms with E-state index in [2.05, 4.69) is 104 Å². The van der Waals surface area contributed by atoms with Crippen molar-refractivity contribution < 1.29 is 22.9 Å². The molecule has 0 saturated carbocycles. The van der Waals surface area contributed by atoms with Crippen molar-refractivity contribution in [1.29, 1.82) is 0 Å². The Bertz CT molecular complexity index is 1220. The van der Waals surface area contributed by atoms with Crippen molar-refractivity contribution in [2.45, 2.75) is 193 Å². The van der Waals surface area contributed by atoms with Gasteiger partial charge in [-0.3, -0.25) is 9.35 Å². The largest absolute Gasteiger partial charge is 0.387 e. The zero-order valence-electron chi connectivity index (χ0n) is 35.0. The van der Waals surface area contributed by atoms with Gasteiger partial charge in [0.15, 0.2) is 0 Å². The van der Waals surface area contributed by atoms with Gasteiger partial charge in [0, 0.05) is 6.42 Å². The monoisotopic (exact) mass is 784 g/mol. The summed E-state index contributed by atoms with van der Waals surface area (Å²) in [5.74, 6) is -1.04. The number of nitrogens with one attached hydrogen (secondary N) is 1. The molecule has 0 saturated heterocycles. The maximum Gasteiger partial charge on any atom is 0.267 e. The second-order valence-electron chi connectivity index (χ2n) is 14.6. The molecule has 7 heteroatoms. The van der Waals surface area contributed by atoms with E-state index in [1.165, 1.54) is 70.3 Å². The van der Waals surface area contributed by atoms with Crippen molar-refractivity contribution >= 4 is 16.0 Å². The van der Waals surface area contributed by atoms with E-state index in [1.54, 1.807) is 6.08 Å². The summed E-state index contributed by atoms with van der Waals surface area (Å²) in [5.41, 5.74) is 0. The predicted octanol–water partition coefficient (Wildman–Crippen LogP) is 13.4. The van der Waals surface area contributed by atoms with E-state index in [0.29, 0.717) is 12.8 Å². The number of unbranched alkanes of at least 4 members (excludes halogenated alkanes) is 16. The number of hydrogen-bond acceptors (Lipinski definition) is 4. The average molecular weight is 784 g/mol. The molecule has 0 aromatic heterocycles. The van der Waals surface area contributed by atoms with E-state index in [0.717, 1.165) is 83.5 Å². The molecule has 0 heterocycles. The molecule has 3 N–H and O–H groups in total. The first-order chi connectivity index (χ1) is 26.8. The number of carbonyl (C=O) groups excluding carboxylic acids is 1. The van der Waals surface area contributed by atoms with E-state index in [4.69, 9.17) is 0 Å². The fraction of sp³-hybridized carbons (Fsp3) is 0.646. The molecule has 0 radical (unpaired) electrons. The number of aliphatic hydroxyl groups is 1. The van der Waals surface area contributed by atoms with Crippen LogP contribution < -0.4 is 5.32 Å². The number of amides is 1. The summed E-state index contributed by atoms with van der Waals surface area (Å²) in [5, 5.41) is 13.2. The molecule has 0 bridgehead atoms. The van der Waals surface area contributed by atoms with Crippen LogP contribution in [0.2, 0.25) is 0 Å². The van der Waals surface area contributed by atoms with E-state index in [9.17, 15) is 22.9 Å². The smallest absolute Gasteiger partial charge is 0.267 e. The first-order valence-electron chi connectivity index (χ1n) is 21.9. The Morgan fingerprint density at radius 2 is 0.891 bits per heavy atom. The molecule has 0 aromatic rings. The summed E-state index contributed by atoms with van der Waals surface area (Å²) < 4.78 is 32.5. The van der Waals surface area contributed by atoms with Crippen LogP contribution in [-0.2, 0) is 14.9 Å². The van der Waals surface area contributed by atoms with Crippen molar-refractivity contribution in [1.82, 2.24) is 5.32 Å². The van der Waals surface area contributed by atoms with Crippen molar-refractivity contribution in [3.8, 4) is 0 Å². The molecular formula is C48H81NO5S. The van der Waals surface area contributed by atoms with Gasteiger partial charge in [-0.2, -0.15) is 8.42 Å². The van der Waals surface area contributed by atoms with Crippen LogP contribution >= 0.6 is 0 Å². The summed E-state index contributed by atoms with van der Waals surface area (Å²) in [6.45, 7) is 4.41. The Morgan fingerprint density at radius 3 is 1.36 bits per heavy atom. The lowest BCUT2D eigenvalue weighted by Gasteiger charge is -2.21. The highest BCUT2D eigenvalue weighted by Gasteiger charge is 2.24. The highest BCUT2D eigenvalue weighted by Crippen LogP contribution is 2.12. The van der Waals surface area contributed by atoms with Crippen molar-refractivity contribution in [2.24, 2.45) is 0 Å². The standard InChI is InChI=1S/C48H81NO5S/c1-3-5-7-9-11-13-15-17-19-21-23-24-26-28-30-32-34-36-38-40-42-44-48(51)49-46(45-55(52,53)54)47(50)43-41-39-37-35-33-31-29-27-25-22-20-18-16-14-12-10-8-6-4-2/h5,7,11,13,17,19,23-25,27-28,30,33,35,41,43,46-47,50H,3-4,6,8-10,12,14-16,18,20-22,26,29,31-32,34,36-40,42,44-45H2,1-2H3,(H,49,51)(H,52,53,54)/b7-5-,13-11-,19-17-,24-23-,27-25+,30-28-,35-33+,43-41+. The van der Waals surface area contributed by atoms with Gasteiger partial charge in [-0.1, -0.05) is 182 Å². The summed E-state index contributed by atoms with van der Waals surface area (Å²) in [4.78, 5) is 12.5. The van der Waals surface area contributed by atoms with E-state index in [-0.39, 0.29) is 12.3 Å². The topological polar surface area (TPSA) is 104 Å². The van der Waals surface area contributed by atoms with Crippen molar-refractivity contribution in [3.05, 3.63) is 97.2 Å². The molecule has 0 aromatic carbocycles. The highest BCUT2D eigenvalue weighted by atomic mass is 32.2. The number of allylic oxidation sites excluding steroid dienone is 15. The third kappa shape index (κ3) is 42.2. The van der Waals surface area contributed by atoms with E-state index >= 15 is 0 Å². The van der Waals surface area contributed by atoms with Gasteiger partial charge in [-0.05, 0) is 89.9 Å². The van der Waals surface area contributed by atoms with E-state index < -0.39 is 28.0 Å². The van der Waals surface area contributed by atoms with Crippen LogP contribution in [0.1, 0.15) is 181 Å². The Kier molecular flexibility index (Phi) is 38.9. The predicted molar refractivity (Wildman–Crippen MR) is 239 cm³/mol. The molecule has 2 unspecified atom stereocenters. The fourth-order valence-corrected chi connectivity index (χ4v) is 6.71. The van der Waals surface area contributed by atoms with Gasteiger partial charge < -0.3 is 10.4 Å². The lowest BCUT2D eigenvalue weighted by molar-refractivity contribution is -0.122. The normalized spacial score (nSPS) is 14.2. The van der Waals surface area contributed by atoms with Crippen LogP contribution in [0.15, 0.2) is 97.2 Å². The summed E-state index contributed by atoms with van der Waals surface area (Å²) >= 11 is 0. The lowest BCUT2D eigenvalue weighted by atomic mass is 10.1. The molecule has 1 amide bonds. The van der Waals surface area contributed by atoms with Crippen LogP contribution in [-0.4, -0.2) is 41.9 Å². The second-order valence-corrected chi connectivity index (χ2v) is 16.1. The third-order valence-corrected chi connectivity index (χ3v) is 10.0. The molecule has 0 aliphatic carbocycles. The minimum absolute atomic E-state index is 0.256. The zero-order valence-corrected chi connectivity index (χ0v) is 35.8. The summed E-state index contributed by atoms with van der Waals surface area (Å²) in [6, 6.07) is -1.10. The van der Waals surface area contributed by atoms with Gasteiger partial charge in [0.05, 0.1) is 17.9 Å². The van der Waals surface area contributed by atoms with Crippen LogP contribution in [0.4, 0.5) is 0 Å². The van der Waals surface area contributed by atoms with Gasteiger partial charge in [0.2, 0.25) is 5.91 Å². The Labute approximate surface area is 339 Å². The van der Waals surface area contributed by atoms with Crippen molar-refractivity contribution in [2.75, 3.05) is 5.75 Å². The fourth-order valence-electron chi connectivity index (χ4n) is 5.98. The minimum atomic E-state index is -4.37.